The van der Waals surface area contributed by atoms with E-state index in [2.05, 4.69) is 15.6 Å². The fourth-order valence-corrected chi connectivity index (χ4v) is 3.14. The van der Waals surface area contributed by atoms with Crippen molar-refractivity contribution in [1.29, 1.82) is 0 Å². The maximum Gasteiger partial charge on any atom is 0.418 e. The molecule has 1 saturated carbocycles. The Balaban J connectivity index is 1.72. The van der Waals surface area contributed by atoms with Crippen molar-refractivity contribution >= 4 is 28.9 Å². The minimum absolute atomic E-state index is 0.0325. The van der Waals surface area contributed by atoms with Crippen LogP contribution in [0.25, 0.3) is 0 Å². The van der Waals surface area contributed by atoms with Crippen LogP contribution in [0.3, 0.4) is 0 Å². The van der Waals surface area contributed by atoms with E-state index < -0.39 is 17.6 Å². The average molecular weight is 384 g/mol. The summed E-state index contributed by atoms with van der Waals surface area (Å²) in [7, 11) is 0. The molecule has 1 amide bonds. The highest BCUT2D eigenvalue weighted by atomic mass is 35.5. The molecule has 1 aromatic heterocycles. The smallest absolute Gasteiger partial charge is 0.381 e. The number of hydrogen-bond acceptors (Lipinski definition) is 3. The monoisotopic (exact) mass is 383 g/mol. The Hall–Kier alpha value is -2.28. The van der Waals surface area contributed by atoms with Gasteiger partial charge in [-0.05, 0) is 43.2 Å². The van der Waals surface area contributed by atoms with Crippen molar-refractivity contribution in [1.82, 2.24) is 4.98 Å². The highest BCUT2D eigenvalue weighted by Crippen LogP contribution is 2.36. The average Bonchev–Trinajstić information content (AvgIpc) is 3.09. The lowest BCUT2D eigenvalue weighted by Gasteiger charge is -2.15. The van der Waals surface area contributed by atoms with E-state index in [-0.39, 0.29) is 16.4 Å². The zero-order valence-electron chi connectivity index (χ0n) is 13.7. The van der Waals surface area contributed by atoms with Crippen LogP contribution >= 0.6 is 11.6 Å². The second-order valence-electron chi connectivity index (χ2n) is 6.20. The summed E-state index contributed by atoms with van der Waals surface area (Å²) in [4.78, 5) is 16.3. The van der Waals surface area contributed by atoms with Gasteiger partial charge < -0.3 is 10.6 Å². The Morgan fingerprint density at radius 2 is 1.88 bits per heavy atom. The second kappa shape index (κ2) is 7.53. The second-order valence-corrected chi connectivity index (χ2v) is 6.64. The number of alkyl halides is 3. The molecular formula is C18H17ClF3N3O. The lowest BCUT2D eigenvalue weighted by atomic mass is 10.1. The number of halogens is 4. The van der Waals surface area contributed by atoms with Gasteiger partial charge in [-0.3, -0.25) is 4.79 Å². The first-order chi connectivity index (χ1) is 12.3. The minimum Gasteiger partial charge on any atom is -0.381 e. The van der Waals surface area contributed by atoms with Crippen LogP contribution < -0.4 is 10.6 Å². The van der Waals surface area contributed by atoms with Crippen LogP contribution in [-0.2, 0) is 6.18 Å². The third-order valence-corrected chi connectivity index (χ3v) is 4.49. The fourth-order valence-electron chi connectivity index (χ4n) is 2.97. The number of benzene rings is 1. The summed E-state index contributed by atoms with van der Waals surface area (Å²) in [6.45, 7) is 0. The number of rotatable bonds is 4. The van der Waals surface area contributed by atoms with E-state index in [9.17, 15) is 18.0 Å². The van der Waals surface area contributed by atoms with E-state index in [1.54, 1.807) is 6.07 Å². The third-order valence-electron chi connectivity index (χ3n) is 4.26. The Morgan fingerprint density at radius 1 is 1.15 bits per heavy atom. The first kappa shape index (κ1) is 18.5. The van der Waals surface area contributed by atoms with Crippen molar-refractivity contribution < 1.29 is 18.0 Å². The molecule has 3 rings (SSSR count). The Bertz CT molecular complexity index is 787. The number of carbonyl (C=O) groups is 1. The van der Waals surface area contributed by atoms with Gasteiger partial charge in [0.05, 0.1) is 23.1 Å². The Morgan fingerprint density at radius 3 is 2.50 bits per heavy atom. The highest BCUT2D eigenvalue weighted by molar-refractivity contribution is 6.30. The Labute approximate surface area is 153 Å². The van der Waals surface area contributed by atoms with Crippen LogP contribution in [0.2, 0.25) is 5.02 Å². The van der Waals surface area contributed by atoms with Crippen molar-refractivity contribution in [3.05, 3.63) is 52.8 Å². The van der Waals surface area contributed by atoms with Gasteiger partial charge in [0.2, 0.25) is 0 Å². The summed E-state index contributed by atoms with van der Waals surface area (Å²) < 4.78 is 39.3. The summed E-state index contributed by atoms with van der Waals surface area (Å²) in [6.07, 6.45) is 1.45. The van der Waals surface area contributed by atoms with E-state index in [1.165, 1.54) is 31.2 Å². The number of hydrogen-bond donors (Lipinski definition) is 2. The van der Waals surface area contributed by atoms with Gasteiger partial charge in [-0.25, -0.2) is 4.98 Å². The first-order valence-corrected chi connectivity index (χ1v) is 8.61. The van der Waals surface area contributed by atoms with Gasteiger partial charge in [-0.2, -0.15) is 13.2 Å². The van der Waals surface area contributed by atoms with Crippen molar-refractivity contribution in [3.63, 3.8) is 0 Å². The Kier molecular flexibility index (Phi) is 5.36. The molecule has 0 saturated heterocycles. The minimum atomic E-state index is -4.63. The van der Waals surface area contributed by atoms with Gasteiger partial charge in [0.25, 0.3) is 5.91 Å². The lowest BCUT2D eigenvalue weighted by Crippen LogP contribution is -2.18. The van der Waals surface area contributed by atoms with Crippen LogP contribution in [0, 0.1) is 0 Å². The molecule has 0 unspecified atom stereocenters. The molecule has 1 heterocycles. The summed E-state index contributed by atoms with van der Waals surface area (Å²) in [5.41, 5.74) is -0.541. The molecule has 0 bridgehead atoms. The van der Waals surface area contributed by atoms with E-state index in [0.29, 0.717) is 6.04 Å². The van der Waals surface area contributed by atoms with Crippen LogP contribution in [0.15, 0.2) is 36.5 Å². The first-order valence-electron chi connectivity index (χ1n) is 8.23. The van der Waals surface area contributed by atoms with Gasteiger partial charge in [-0.15, -0.1) is 0 Å². The number of nitrogens with zero attached hydrogens (tertiary/aromatic N) is 1. The normalized spacial score (nSPS) is 15.1. The van der Waals surface area contributed by atoms with Gasteiger partial charge >= 0.3 is 6.18 Å². The number of aromatic nitrogens is 1. The number of carbonyl (C=O) groups excluding carboxylic acids is 1. The molecule has 4 nitrogen and oxygen atoms in total. The maximum absolute atomic E-state index is 13.1. The predicted molar refractivity (Wildman–Crippen MR) is 94.5 cm³/mol. The van der Waals surface area contributed by atoms with E-state index in [4.69, 9.17) is 11.6 Å². The standard InChI is InChI=1S/C18H17ClF3N3O/c19-11-5-7-15(14(9-11)18(20,21)22)25-17(26)16-8-6-13(10-23-16)24-12-3-1-2-4-12/h5-10,12,24H,1-4H2,(H,25,26). The molecule has 0 atom stereocenters. The molecule has 1 aromatic carbocycles. The summed E-state index contributed by atoms with van der Waals surface area (Å²) >= 11 is 5.63. The molecule has 1 fully saturated rings. The van der Waals surface area contributed by atoms with E-state index >= 15 is 0 Å². The zero-order valence-corrected chi connectivity index (χ0v) is 14.5. The quantitative estimate of drug-likeness (QED) is 0.747. The molecule has 0 spiro atoms. The molecular weight excluding hydrogens is 367 g/mol. The van der Waals surface area contributed by atoms with Gasteiger partial charge in [0.15, 0.2) is 0 Å². The molecule has 0 aliphatic heterocycles. The number of amides is 1. The molecule has 0 radical (unpaired) electrons. The summed E-state index contributed by atoms with van der Waals surface area (Å²) in [5, 5.41) is 5.53. The van der Waals surface area contributed by atoms with Gasteiger partial charge in [0, 0.05) is 11.1 Å². The molecule has 1 aliphatic carbocycles. The summed E-state index contributed by atoms with van der Waals surface area (Å²) in [6, 6.07) is 6.77. The number of anilines is 2. The predicted octanol–water partition coefficient (Wildman–Crippen LogP) is 5.36. The zero-order chi connectivity index (χ0) is 18.7. The molecule has 2 aromatic rings. The van der Waals surface area contributed by atoms with Gasteiger partial charge in [-0.1, -0.05) is 24.4 Å². The maximum atomic E-state index is 13.1. The van der Waals surface area contributed by atoms with Crippen LogP contribution in [0.5, 0.6) is 0 Å². The number of pyridine rings is 1. The van der Waals surface area contributed by atoms with Crippen molar-refractivity contribution in [2.45, 2.75) is 37.9 Å². The van der Waals surface area contributed by atoms with Gasteiger partial charge in [0.1, 0.15) is 5.69 Å². The van der Waals surface area contributed by atoms with Crippen molar-refractivity contribution in [2.75, 3.05) is 10.6 Å². The SMILES string of the molecule is O=C(Nc1ccc(Cl)cc1C(F)(F)F)c1ccc(NC2CCCC2)cn1. The van der Waals surface area contributed by atoms with E-state index in [1.807, 2.05) is 0 Å². The number of nitrogens with one attached hydrogen (secondary N) is 2. The fraction of sp³-hybridized carbons (Fsp3) is 0.333. The largest absolute Gasteiger partial charge is 0.418 e. The van der Waals surface area contributed by atoms with Crippen LogP contribution in [0.1, 0.15) is 41.7 Å². The van der Waals surface area contributed by atoms with Crippen molar-refractivity contribution in [3.8, 4) is 0 Å². The molecule has 138 valence electrons. The topological polar surface area (TPSA) is 54.0 Å². The molecule has 2 N–H and O–H groups in total. The van der Waals surface area contributed by atoms with Crippen LogP contribution in [-0.4, -0.2) is 16.9 Å². The molecule has 8 heteroatoms. The molecule has 26 heavy (non-hydrogen) atoms. The summed E-state index contributed by atoms with van der Waals surface area (Å²) in [5.74, 6) is -0.717. The van der Waals surface area contributed by atoms with Crippen LogP contribution in [0.4, 0.5) is 24.5 Å². The van der Waals surface area contributed by atoms with Crippen molar-refractivity contribution in [2.24, 2.45) is 0 Å². The highest BCUT2D eigenvalue weighted by Gasteiger charge is 2.34. The van der Waals surface area contributed by atoms with E-state index in [0.717, 1.165) is 30.7 Å². The third kappa shape index (κ3) is 4.46. The molecule has 1 aliphatic rings. The lowest BCUT2D eigenvalue weighted by molar-refractivity contribution is -0.136.